The van der Waals surface area contributed by atoms with Gasteiger partial charge in [-0.25, -0.2) is 0 Å². The van der Waals surface area contributed by atoms with Gasteiger partial charge in [-0.05, 0) is 12.3 Å². The van der Waals surface area contributed by atoms with E-state index in [2.05, 4.69) is 15.9 Å². The van der Waals surface area contributed by atoms with Crippen LogP contribution < -0.4 is 0 Å². The largest absolute Gasteiger partial charge is 0.481 e. The Morgan fingerprint density at radius 1 is 1.36 bits per heavy atom. The zero-order chi connectivity index (χ0) is 10.5. The third-order valence-corrected chi connectivity index (χ3v) is 4.55. The lowest BCUT2D eigenvalue weighted by Crippen LogP contribution is -2.46. The van der Waals surface area contributed by atoms with Gasteiger partial charge in [-0.15, -0.1) is 0 Å². The van der Waals surface area contributed by atoms with Gasteiger partial charge >= 0.3 is 11.9 Å². The van der Waals surface area contributed by atoms with Crippen molar-refractivity contribution in [3.05, 3.63) is 12.2 Å². The fraction of sp³-hybridized carbons (Fsp3) is 0.556. The molecule has 1 saturated carbocycles. The summed E-state index contributed by atoms with van der Waals surface area (Å²) in [6.07, 6.45) is 4.23. The molecular weight excluding hydrogens is 252 g/mol. The highest BCUT2D eigenvalue weighted by Gasteiger charge is 2.62. The highest BCUT2D eigenvalue weighted by Crippen LogP contribution is 2.55. The SMILES string of the molecule is O=C(O)C1C2C=CC(C2)C1(Br)C(=O)O. The summed E-state index contributed by atoms with van der Waals surface area (Å²) in [5.41, 5.74) is 0. The molecule has 14 heavy (non-hydrogen) atoms. The van der Waals surface area contributed by atoms with Crippen molar-refractivity contribution in [2.45, 2.75) is 10.7 Å². The first kappa shape index (κ1) is 9.71. The van der Waals surface area contributed by atoms with Gasteiger partial charge in [-0.1, -0.05) is 28.1 Å². The van der Waals surface area contributed by atoms with Gasteiger partial charge in [0.2, 0.25) is 0 Å². The topological polar surface area (TPSA) is 74.6 Å². The molecule has 0 spiro atoms. The molecule has 0 aromatic carbocycles. The van der Waals surface area contributed by atoms with Crippen LogP contribution in [-0.2, 0) is 9.59 Å². The first-order valence-electron chi connectivity index (χ1n) is 4.31. The monoisotopic (exact) mass is 260 g/mol. The number of carboxylic acids is 2. The van der Waals surface area contributed by atoms with Gasteiger partial charge in [0.1, 0.15) is 4.32 Å². The molecule has 2 aliphatic carbocycles. The van der Waals surface area contributed by atoms with Crippen molar-refractivity contribution >= 4 is 27.9 Å². The van der Waals surface area contributed by atoms with Gasteiger partial charge in [0.05, 0.1) is 5.92 Å². The summed E-state index contributed by atoms with van der Waals surface area (Å²) in [4.78, 5) is 22.1. The van der Waals surface area contributed by atoms with E-state index in [1.807, 2.05) is 6.08 Å². The molecule has 0 amide bonds. The van der Waals surface area contributed by atoms with E-state index in [0.29, 0.717) is 6.42 Å². The van der Waals surface area contributed by atoms with Crippen molar-refractivity contribution in [2.24, 2.45) is 17.8 Å². The van der Waals surface area contributed by atoms with Gasteiger partial charge in [0.25, 0.3) is 0 Å². The summed E-state index contributed by atoms with van der Waals surface area (Å²) >= 11 is 3.10. The summed E-state index contributed by atoms with van der Waals surface area (Å²) in [5.74, 6) is -3.32. The molecule has 2 aliphatic rings. The second-order valence-electron chi connectivity index (χ2n) is 3.78. The highest BCUT2D eigenvalue weighted by molar-refractivity contribution is 9.10. The van der Waals surface area contributed by atoms with Crippen LogP contribution in [0.4, 0.5) is 0 Å². The normalized spacial score (nSPS) is 44.2. The smallest absolute Gasteiger partial charge is 0.321 e. The van der Waals surface area contributed by atoms with E-state index >= 15 is 0 Å². The Morgan fingerprint density at radius 2 is 2.00 bits per heavy atom. The minimum absolute atomic E-state index is 0.145. The number of carboxylic acid groups (broad SMARTS) is 2. The summed E-state index contributed by atoms with van der Waals surface area (Å²) in [5, 5.41) is 18.1. The lowest BCUT2D eigenvalue weighted by molar-refractivity contribution is -0.151. The molecule has 0 radical (unpaired) electrons. The molecule has 1 fully saturated rings. The maximum atomic E-state index is 11.1. The second-order valence-corrected chi connectivity index (χ2v) is 5.09. The van der Waals surface area contributed by atoms with Crippen LogP contribution in [0.15, 0.2) is 12.2 Å². The summed E-state index contributed by atoms with van der Waals surface area (Å²) in [7, 11) is 0. The second kappa shape index (κ2) is 2.82. The molecule has 2 N–H and O–H groups in total. The first-order chi connectivity index (χ1) is 6.48. The Morgan fingerprint density at radius 3 is 2.43 bits per heavy atom. The van der Waals surface area contributed by atoms with Gasteiger partial charge < -0.3 is 10.2 Å². The lowest BCUT2D eigenvalue weighted by atomic mass is 9.83. The molecule has 4 nitrogen and oxygen atoms in total. The molecule has 0 aromatic rings. The van der Waals surface area contributed by atoms with Crippen LogP contribution in [0.3, 0.4) is 0 Å². The zero-order valence-corrected chi connectivity index (χ0v) is 8.77. The molecule has 76 valence electrons. The van der Waals surface area contributed by atoms with Gasteiger partial charge in [-0.2, -0.15) is 0 Å². The van der Waals surface area contributed by atoms with E-state index in [1.165, 1.54) is 0 Å². The molecule has 5 heteroatoms. The van der Waals surface area contributed by atoms with E-state index in [-0.39, 0.29) is 11.8 Å². The third kappa shape index (κ3) is 0.987. The van der Waals surface area contributed by atoms with Crippen LogP contribution in [0, 0.1) is 17.8 Å². The number of alkyl halides is 1. The third-order valence-electron chi connectivity index (χ3n) is 3.13. The number of rotatable bonds is 2. The van der Waals surface area contributed by atoms with Crippen LogP contribution in [0.1, 0.15) is 6.42 Å². The highest BCUT2D eigenvalue weighted by atomic mass is 79.9. The van der Waals surface area contributed by atoms with E-state index in [9.17, 15) is 9.59 Å². The molecule has 2 bridgehead atoms. The van der Waals surface area contributed by atoms with Crippen molar-refractivity contribution in [2.75, 3.05) is 0 Å². The molecular formula is C9H9BrO4. The lowest BCUT2D eigenvalue weighted by Gasteiger charge is -2.29. The van der Waals surface area contributed by atoms with Gasteiger partial charge in [0.15, 0.2) is 0 Å². The molecule has 4 unspecified atom stereocenters. The van der Waals surface area contributed by atoms with E-state index in [1.54, 1.807) is 6.08 Å². The number of allylic oxidation sites excluding steroid dienone is 2. The molecule has 0 saturated heterocycles. The maximum absolute atomic E-state index is 11.1. The maximum Gasteiger partial charge on any atom is 0.321 e. The predicted octanol–water partition coefficient (Wildman–Crippen LogP) is 1.11. The number of halogens is 1. The van der Waals surface area contributed by atoms with Crippen LogP contribution in [0.25, 0.3) is 0 Å². The van der Waals surface area contributed by atoms with E-state index in [0.717, 1.165) is 0 Å². The average Bonchev–Trinajstić information content (AvgIpc) is 2.61. The first-order valence-corrected chi connectivity index (χ1v) is 5.10. The molecule has 2 rings (SSSR count). The van der Waals surface area contributed by atoms with E-state index < -0.39 is 22.2 Å². The fourth-order valence-electron chi connectivity index (χ4n) is 2.48. The number of carbonyl (C=O) groups is 2. The molecule has 0 heterocycles. The van der Waals surface area contributed by atoms with Gasteiger partial charge in [-0.3, -0.25) is 9.59 Å². The minimum Gasteiger partial charge on any atom is -0.481 e. The van der Waals surface area contributed by atoms with Crippen LogP contribution >= 0.6 is 15.9 Å². The Bertz CT molecular complexity index is 338. The van der Waals surface area contributed by atoms with Gasteiger partial charge in [0, 0.05) is 5.92 Å². The van der Waals surface area contributed by atoms with Crippen molar-refractivity contribution in [3.63, 3.8) is 0 Å². The molecule has 0 aliphatic heterocycles. The van der Waals surface area contributed by atoms with Crippen LogP contribution in [0.2, 0.25) is 0 Å². The predicted molar refractivity (Wildman–Crippen MR) is 51.2 cm³/mol. The summed E-state index contributed by atoms with van der Waals surface area (Å²) in [6, 6.07) is 0. The van der Waals surface area contributed by atoms with Crippen LogP contribution in [-0.4, -0.2) is 26.5 Å². The summed E-state index contributed by atoms with van der Waals surface area (Å²) < 4.78 is -1.31. The average molecular weight is 261 g/mol. The van der Waals surface area contributed by atoms with Crippen LogP contribution in [0.5, 0.6) is 0 Å². The van der Waals surface area contributed by atoms with Crippen molar-refractivity contribution in [3.8, 4) is 0 Å². The number of aliphatic carboxylic acids is 2. The Balaban J connectivity index is 2.45. The van der Waals surface area contributed by atoms with Crippen molar-refractivity contribution < 1.29 is 19.8 Å². The fourth-order valence-corrected chi connectivity index (χ4v) is 3.36. The number of hydrogen-bond acceptors (Lipinski definition) is 2. The molecule has 4 atom stereocenters. The minimum atomic E-state index is -1.31. The number of hydrogen-bond donors (Lipinski definition) is 2. The summed E-state index contributed by atoms with van der Waals surface area (Å²) in [6.45, 7) is 0. The standard InChI is InChI=1S/C9H9BrO4/c10-9(8(13)14)5-2-1-4(3-5)6(9)7(11)12/h1-2,4-6H,3H2,(H,11,12)(H,13,14). The number of fused-ring (bicyclic) bond motifs is 2. The zero-order valence-electron chi connectivity index (χ0n) is 7.18. The Hall–Kier alpha value is -0.840. The van der Waals surface area contributed by atoms with E-state index in [4.69, 9.17) is 10.2 Å². The van der Waals surface area contributed by atoms with Crippen molar-refractivity contribution in [1.82, 2.24) is 0 Å². The quantitative estimate of drug-likeness (QED) is 0.576. The molecule has 0 aromatic heterocycles. The Labute approximate surface area is 88.7 Å². The van der Waals surface area contributed by atoms with Crippen molar-refractivity contribution in [1.29, 1.82) is 0 Å². The Kier molecular flexibility index (Phi) is 1.96.